The summed E-state index contributed by atoms with van der Waals surface area (Å²) in [5, 5.41) is -0.315. The molecule has 14 heteroatoms. The number of nitrogens with zero attached hydrogens (tertiary/aromatic N) is 3. The highest BCUT2D eigenvalue weighted by Gasteiger charge is 2.41. The van der Waals surface area contributed by atoms with Crippen molar-refractivity contribution in [3.8, 4) is 17.6 Å². The van der Waals surface area contributed by atoms with Crippen molar-refractivity contribution >= 4 is 35.1 Å². The van der Waals surface area contributed by atoms with Crippen LogP contribution in [-0.2, 0) is 19.1 Å². The number of esters is 1. The number of amides is 2. The number of ether oxygens (including phenoxy) is 3. The molecule has 2 amide bonds. The van der Waals surface area contributed by atoms with Gasteiger partial charge in [0.2, 0.25) is 11.8 Å². The van der Waals surface area contributed by atoms with Crippen LogP contribution < -0.4 is 14.4 Å². The first-order chi connectivity index (χ1) is 16.4. The molecule has 0 N–H and O–H groups in total. The van der Waals surface area contributed by atoms with Crippen molar-refractivity contribution in [2.45, 2.75) is 32.5 Å². The molecule has 35 heavy (non-hydrogen) atoms. The Bertz CT molecular complexity index is 1200. The number of imide groups is 1. The van der Waals surface area contributed by atoms with Crippen LogP contribution >= 0.6 is 11.6 Å². The third-order valence-electron chi connectivity index (χ3n) is 4.44. The summed E-state index contributed by atoms with van der Waals surface area (Å²) >= 11 is 5.98. The number of hydrogen-bond donors (Lipinski definition) is 0. The summed E-state index contributed by atoms with van der Waals surface area (Å²) in [7, 11) is 0. The highest BCUT2D eigenvalue weighted by molar-refractivity contribution is 6.32. The smallest absolute Gasteiger partial charge is 0.413 e. The predicted molar refractivity (Wildman–Crippen MR) is 111 cm³/mol. The van der Waals surface area contributed by atoms with Crippen molar-refractivity contribution in [2.75, 3.05) is 11.5 Å². The van der Waals surface area contributed by atoms with E-state index in [-0.39, 0.29) is 40.2 Å². The van der Waals surface area contributed by atoms with Gasteiger partial charge in [-0.2, -0.15) is 18.2 Å². The molecule has 3 rings (SSSR count). The van der Waals surface area contributed by atoms with Gasteiger partial charge >= 0.3 is 18.2 Å². The standard InChI is InChI=1S/C21H16ClF4N3O6/c1-3-33-19(32)10(2)34-16-4-5-27-20(28-16)35-15-9-14(13(23)8-12(15)22)29-17(30)6-11(7-18(29)31)21(24,25)26/h4-6,8-10H,3,7H2,1-2H3. The molecule has 186 valence electrons. The van der Waals surface area contributed by atoms with Gasteiger partial charge in [0, 0.05) is 30.0 Å². The number of rotatable bonds is 7. The Morgan fingerprint density at radius 3 is 2.63 bits per heavy atom. The van der Waals surface area contributed by atoms with Crippen LogP contribution in [0, 0.1) is 5.82 Å². The van der Waals surface area contributed by atoms with Crippen molar-refractivity contribution in [2.24, 2.45) is 0 Å². The SMILES string of the molecule is CCOC(=O)C(C)Oc1ccnc(Oc2cc(N3C(=O)C=C(C(F)(F)F)CC3=O)c(F)cc2Cl)n1. The predicted octanol–water partition coefficient (Wildman–Crippen LogP) is 4.14. The maximum Gasteiger partial charge on any atom is 0.413 e. The van der Waals surface area contributed by atoms with E-state index < -0.39 is 53.6 Å². The van der Waals surface area contributed by atoms with Gasteiger partial charge in [-0.25, -0.2) is 19.1 Å². The van der Waals surface area contributed by atoms with Crippen LogP contribution in [0.5, 0.6) is 17.6 Å². The van der Waals surface area contributed by atoms with E-state index in [4.69, 9.17) is 25.8 Å². The fourth-order valence-corrected chi connectivity index (χ4v) is 3.05. The van der Waals surface area contributed by atoms with Crippen molar-refractivity contribution in [3.05, 3.63) is 46.9 Å². The first-order valence-corrected chi connectivity index (χ1v) is 10.3. The highest BCUT2D eigenvalue weighted by atomic mass is 35.5. The third kappa shape index (κ3) is 6.04. The fourth-order valence-electron chi connectivity index (χ4n) is 2.86. The summed E-state index contributed by atoms with van der Waals surface area (Å²) in [5.41, 5.74) is -2.03. The molecule has 2 aromatic rings. The van der Waals surface area contributed by atoms with E-state index in [1.54, 1.807) is 6.92 Å². The van der Waals surface area contributed by atoms with Crippen LogP contribution in [0.25, 0.3) is 0 Å². The van der Waals surface area contributed by atoms with Crippen molar-refractivity contribution < 1.29 is 46.2 Å². The van der Waals surface area contributed by atoms with Gasteiger partial charge in [0.05, 0.1) is 23.7 Å². The first-order valence-electron chi connectivity index (χ1n) is 9.88. The number of anilines is 1. The maximum absolute atomic E-state index is 14.6. The van der Waals surface area contributed by atoms with E-state index in [0.29, 0.717) is 6.07 Å². The Morgan fingerprint density at radius 1 is 1.29 bits per heavy atom. The van der Waals surface area contributed by atoms with E-state index in [1.807, 2.05) is 0 Å². The Morgan fingerprint density at radius 2 is 2.00 bits per heavy atom. The molecule has 0 fully saturated rings. The minimum absolute atomic E-state index is 0.0831. The van der Waals surface area contributed by atoms with Crippen LogP contribution in [-0.4, -0.2) is 46.6 Å². The van der Waals surface area contributed by atoms with E-state index in [9.17, 15) is 31.9 Å². The van der Waals surface area contributed by atoms with Crippen LogP contribution in [0.2, 0.25) is 5.02 Å². The number of aromatic nitrogens is 2. The summed E-state index contributed by atoms with van der Waals surface area (Å²) in [6, 6.07) is 2.50. The first kappa shape index (κ1) is 25.9. The summed E-state index contributed by atoms with van der Waals surface area (Å²) in [5.74, 6) is -4.88. The van der Waals surface area contributed by atoms with E-state index in [0.717, 1.165) is 6.07 Å². The van der Waals surface area contributed by atoms with Gasteiger partial charge in [-0.1, -0.05) is 11.6 Å². The number of carbonyl (C=O) groups is 3. The van der Waals surface area contributed by atoms with E-state index in [2.05, 4.69) is 9.97 Å². The molecule has 0 saturated carbocycles. The monoisotopic (exact) mass is 517 g/mol. The van der Waals surface area contributed by atoms with Gasteiger partial charge < -0.3 is 14.2 Å². The maximum atomic E-state index is 14.6. The van der Waals surface area contributed by atoms with Crippen LogP contribution in [0.3, 0.4) is 0 Å². The molecule has 1 aromatic carbocycles. The van der Waals surface area contributed by atoms with Gasteiger partial charge in [-0.3, -0.25) is 9.59 Å². The molecule has 1 aromatic heterocycles. The quantitative estimate of drug-likeness (QED) is 0.306. The van der Waals surface area contributed by atoms with Crippen molar-refractivity contribution in [1.82, 2.24) is 9.97 Å². The average molecular weight is 518 g/mol. The molecule has 0 saturated heterocycles. The van der Waals surface area contributed by atoms with Gasteiger partial charge in [0.15, 0.2) is 11.9 Å². The van der Waals surface area contributed by atoms with Crippen LogP contribution in [0.15, 0.2) is 36.0 Å². The Kier molecular flexibility index (Phi) is 7.58. The lowest BCUT2D eigenvalue weighted by molar-refractivity contribution is -0.150. The second kappa shape index (κ2) is 10.3. The normalized spacial score (nSPS) is 14.9. The number of hydrogen-bond acceptors (Lipinski definition) is 8. The zero-order chi connectivity index (χ0) is 25.9. The molecule has 9 nitrogen and oxygen atoms in total. The Balaban J connectivity index is 1.87. The molecule has 0 bridgehead atoms. The minimum Gasteiger partial charge on any atom is -0.463 e. The second-order valence-corrected chi connectivity index (χ2v) is 7.34. The molecule has 1 aliphatic heterocycles. The number of alkyl halides is 3. The fraction of sp³-hybridized carbons (Fsp3) is 0.286. The molecule has 1 atom stereocenters. The van der Waals surface area contributed by atoms with E-state index >= 15 is 0 Å². The summed E-state index contributed by atoms with van der Waals surface area (Å²) in [6.07, 6.45) is -5.63. The van der Waals surface area contributed by atoms with Gasteiger partial charge in [-0.15, -0.1) is 0 Å². The van der Waals surface area contributed by atoms with E-state index in [1.165, 1.54) is 19.2 Å². The summed E-state index contributed by atoms with van der Waals surface area (Å²) in [4.78, 5) is 44.2. The Labute approximate surface area is 200 Å². The highest BCUT2D eigenvalue weighted by Crippen LogP contribution is 2.38. The summed E-state index contributed by atoms with van der Waals surface area (Å²) in [6.45, 7) is 3.19. The second-order valence-electron chi connectivity index (χ2n) is 6.94. The molecule has 1 unspecified atom stereocenters. The lowest BCUT2D eigenvalue weighted by atomic mass is 10.1. The van der Waals surface area contributed by atoms with Crippen LogP contribution in [0.4, 0.5) is 23.2 Å². The Hall–Kier alpha value is -3.74. The molecule has 0 spiro atoms. The molecular formula is C21H16ClF4N3O6. The molecule has 0 aliphatic carbocycles. The number of halogens is 5. The summed E-state index contributed by atoms with van der Waals surface area (Å²) < 4.78 is 68.8. The van der Waals surface area contributed by atoms with Crippen molar-refractivity contribution in [1.29, 1.82) is 0 Å². The number of carbonyl (C=O) groups excluding carboxylic acids is 3. The molecule has 2 heterocycles. The zero-order valence-electron chi connectivity index (χ0n) is 18.1. The van der Waals surface area contributed by atoms with Gasteiger partial charge in [0.1, 0.15) is 5.82 Å². The number of benzene rings is 1. The van der Waals surface area contributed by atoms with Gasteiger partial charge in [0.25, 0.3) is 5.91 Å². The topological polar surface area (TPSA) is 108 Å². The zero-order valence-corrected chi connectivity index (χ0v) is 18.8. The third-order valence-corrected chi connectivity index (χ3v) is 4.74. The van der Waals surface area contributed by atoms with Crippen LogP contribution in [0.1, 0.15) is 20.3 Å². The largest absolute Gasteiger partial charge is 0.463 e. The molecule has 1 aliphatic rings. The molecule has 0 radical (unpaired) electrons. The average Bonchev–Trinajstić information content (AvgIpc) is 2.76. The lowest BCUT2D eigenvalue weighted by Gasteiger charge is -2.26. The lowest BCUT2D eigenvalue weighted by Crippen LogP contribution is -2.41. The minimum atomic E-state index is -4.89. The van der Waals surface area contributed by atoms with Crippen molar-refractivity contribution in [3.63, 3.8) is 0 Å². The molecular weight excluding hydrogens is 502 g/mol. The van der Waals surface area contributed by atoms with Gasteiger partial charge in [-0.05, 0) is 19.9 Å².